The molecule has 5 rings (SSSR count). The van der Waals surface area contributed by atoms with Crippen LogP contribution in [0.1, 0.15) is 32.3 Å². The minimum atomic E-state index is -0.391. The minimum absolute atomic E-state index is 0.0373. The Kier molecular flexibility index (Phi) is 6.09. The molecule has 10 nitrogen and oxygen atoms in total. The van der Waals surface area contributed by atoms with Crippen molar-refractivity contribution in [2.24, 2.45) is 5.73 Å². The molecule has 0 radical (unpaired) electrons. The largest absolute Gasteiger partial charge is 0.341 e. The second kappa shape index (κ2) is 9.35. The first-order chi connectivity index (χ1) is 17.0. The Morgan fingerprint density at radius 1 is 1.11 bits per heavy atom. The zero-order chi connectivity index (χ0) is 24.5. The topological polar surface area (TPSA) is 117 Å². The van der Waals surface area contributed by atoms with Crippen molar-refractivity contribution in [3.63, 3.8) is 0 Å². The number of aryl methyl sites for hydroxylation is 1. The summed E-state index contributed by atoms with van der Waals surface area (Å²) < 4.78 is 4.66. The second-order valence-corrected chi connectivity index (χ2v) is 8.74. The number of nitrogens with two attached hydrogens (primary N) is 1. The molecule has 0 bridgehead atoms. The summed E-state index contributed by atoms with van der Waals surface area (Å²) in [5, 5.41) is 0. The third-order valence-electron chi connectivity index (χ3n) is 6.44. The van der Waals surface area contributed by atoms with Crippen LogP contribution in [0.2, 0.25) is 0 Å². The van der Waals surface area contributed by atoms with Crippen LogP contribution < -0.4 is 21.9 Å². The minimum Gasteiger partial charge on any atom is -0.341 e. The number of imidazole rings is 1. The van der Waals surface area contributed by atoms with Gasteiger partial charge in [0.25, 0.3) is 5.56 Å². The van der Waals surface area contributed by atoms with Crippen LogP contribution in [-0.2, 0) is 19.6 Å². The van der Waals surface area contributed by atoms with Gasteiger partial charge in [0.15, 0.2) is 11.2 Å². The van der Waals surface area contributed by atoms with E-state index in [9.17, 15) is 9.59 Å². The summed E-state index contributed by atoms with van der Waals surface area (Å²) in [7, 11) is 0. The Labute approximate surface area is 202 Å². The zero-order valence-corrected chi connectivity index (χ0v) is 19.9. The Hall–Kier alpha value is -3.97. The van der Waals surface area contributed by atoms with Crippen LogP contribution in [0.25, 0.3) is 22.2 Å². The molecule has 1 unspecified atom stereocenters. The van der Waals surface area contributed by atoms with Crippen molar-refractivity contribution in [2.75, 3.05) is 18.0 Å². The molecular weight excluding hydrogens is 444 g/mol. The van der Waals surface area contributed by atoms with Crippen molar-refractivity contribution >= 4 is 28.1 Å². The molecule has 35 heavy (non-hydrogen) atoms. The molecular formula is C25H28N8O2. The number of aromatic nitrogens is 6. The molecule has 0 amide bonds. The highest BCUT2D eigenvalue weighted by Crippen LogP contribution is 2.23. The van der Waals surface area contributed by atoms with Gasteiger partial charge in [-0.25, -0.2) is 4.79 Å². The van der Waals surface area contributed by atoms with Crippen LogP contribution in [0, 0.1) is 11.8 Å². The second-order valence-electron chi connectivity index (χ2n) is 8.74. The molecule has 1 atom stereocenters. The van der Waals surface area contributed by atoms with E-state index in [0.717, 1.165) is 30.5 Å². The molecule has 180 valence electrons. The summed E-state index contributed by atoms with van der Waals surface area (Å²) in [5.41, 5.74) is 8.48. The monoisotopic (exact) mass is 472 g/mol. The van der Waals surface area contributed by atoms with Gasteiger partial charge in [-0.05, 0) is 44.4 Å². The van der Waals surface area contributed by atoms with Crippen molar-refractivity contribution < 1.29 is 0 Å². The molecule has 1 aliphatic rings. The van der Waals surface area contributed by atoms with E-state index in [0.29, 0.717) is 42.3 Å². The molecule has 1 aromatic carbocycles. The molecule has 1 aliphatic heterocycles. The molecule has 0 aliphatic carbocycles. The first-order valence-corrected chi connectivity index (χ1v) is 11.9. The third kappa shape index (κ3) is 4.08. The van der Waals surface area contributed by atoms with E-state index < -0.39 is 5.69 Å². The van der Waals surface area contributed by atoms with Gasteiger partial charge in [0.1, 0.15) is 0 Å². The maximum Gasteiger partial charge on any atom is 0.333 e. The van der Waals surface area contributed by atoms with Crippen molar-refractivity contribution in [1.82, 2.24) is 28.7 Å². The lowest BCUT2D eigenvalue weighted by atomic mass is 10.1. The van der Waals surface area contributed by atoms with E-state index in [1.54, 1.807) is 23.9 Å². The SMILES string of the molecule is CC#CCn1c(N2CCCC(N)C2)nc2c1c(=O)n(Cc1ccc3nccnc3c1)c(=O)n2CC. The van der Waals surface area contributed by atoms with Gasteiger partial charge in [-0.15, -0.1) is 5.92 Å². The van der Waals surface area contributed by atoms with E-state index >= 15 is 0 Å². The summed E-state index contributed by atoms with van der Waals surface area (Å²) >= 11 is 0. The summed E-state index contributed by atoms with van der Waals surface area (Å²) in [6.07, 6.45) is 5.15. The lowest BCUT2D eigenvalue weighted by Crippen LogP contribution is -2.44. The molecule has 0 spiro atoms. The fraction of sp³-hybridized carbons (Fsp3) is 0.400. The van der Waals surface area contributed by atoms with Crippen molar-refractivity contribution in [3.05, 3.63) is 57.0 Å². The number of hydrogen-bond donors (Lipinski definition) is 1. The predicted octanol–water partition coefficient (Wildman–Crippen LogP) is 1.32. The highest BCUT2D eigenvalue weighted by Gasteiger charge is 2.26. The maximum absolute atomic E-state index is 13.8. The Morgan fingerprint density at radius 3 is 2.66 bits per heavy atom. The quantitative estimate of drug-likeness (QED) is 0.436. The lowest BCUT2D eigenvalue weighted by molar-refractivity contribution is 0.496. The van der Waals surface area contributed by atoms with Crippen LogP contribution >= 0.6 is 0 Å². The molecule has 3 aromatic heterocycles. The van der Waals surface area contributed by atoms with E-state index in [-0.39, 0.29) is 18.1 Å². The lowest BCUT2D eigenvalue weighted by Gasteiger charge is -2.31. The summed E-state index contributed by atoms with van der Waals surface area (Å²) in [4.78, 5) is 42.8. The maximum atomic E-state index is 13.8. The van der Waals surface area contributed by atoms with Crippen LogP contribution in [0.15, 0.2) is 40.2 Å². The smallest absolute Gasteiger partial charge is 0.333 e. The van der Waals surface area contributed by atoms with E-state index in [2.05, 4.69) is 26.7 Å². The van der Waals surface area contributed by atoms with Gasteiger partial charge in [-0.2, -0.15) is 4.98 Å². The van der Waals surface area contributed by atoms with Gasteiger partial charge in [-0.3, -0.25) is 28.5 Å². The number of rotatable bonds is 5. The fourth-order valence-corrected chi connectivity index (χ4v) is 4.73. The standard InChI is InChI=1S/C25H28N8O2/c1-3-5-13-32-21-22(29-24(32)30-12-6-7-18(26)16-30)31(4-2)25(35)33(23(21)34)15-17-8-9-19-20(14-17)28-11-10-27-19/h8-11,14,18H,4,6-7,12-13,15-16,26H2,1-2H3. The number of benzene rings is 1. The molecule has 1 fully saturated rings. The average Bonchev–Trinajstić information content (AvgIpc) is 3.25. The Bertz CT molecular complexity index is 1590. The third-order valence-corrected chi connectivity index (χ3v) is 6.44. The summed E-state index contributed by atoms with van der Waals surface area (Å²) in [6, 6.07) is 5.60. The van der Waals surface area contributed by atoms with Gasteiger partial charge in [0, 0.05) is 38.1 Å². The van der Waals surface area contributed by atoms with Gasteiger partial charge in [0.05, 0.1) is 24.1 Å². The Balaban J connectivity index is 1.70. The predicted molar refractivity (Wildman–Crippen MR) is 135 cm³/mol. The van der Waals surface area contributed by atoms with Crippen LogP contribution in [-0.4, -0.2) is 47.8 Å². The Morgan fingerprint density at radius 2 is 1.91 bits per heavy atom. The summed E-state index contributed by atoms with van der Waals surface area (Å²) in [5.74, 6) is 6.61. The number of hydrogen-bond acceptors (Lipinski definition) is 7. The normalized spacial score (nSPS) is 16.0. The van der Waals surface area contributed by atoms with Crippen LogP contribution in [0.3, 0.4) is 0 Å². The van der Waals surface area contributed by atoms with E-state index in [4.69, 9.17) is 10.7 Å². The zero-order valence-electron chi connectivity index (χ0n) is 19.9. The van der Waals surface area contributed by atoms with Crippen molar-refractivity contribution in [1.29, 1.82) is 0 Å². The summed E-state index contributed by atoms with van der Waals surface area (Å²) in [6.45, 7) is 5.88. The van der Waals surface area contributed by atoms with Gasteiger partial charge in [0.2, 0.25) is 5.95 Å². The average molecular weight is 473 g/mol. The van der Waals surface area contributed by atoms with E-state index in [1.165, 1.54) is 4.57 Å². The van der Waals surface area contributed by atoms with Gasteiger partial charge < -0.3 is 10.6 Å². The fourth-order valence-electron chi connectivity index (χ4n) is 4.73. The van der Waals surface area contributed by atoms with Crippen LogP contribution in [0.4, 0.5) is 5.95 Å². The molecule has 0 saturated carbocycles. The molecule has 10 heteroatoms. The number of fused-ring (bicyclic) bond motifs is 2. The molecule has 4 aromatic rings. The van der Waals surface area contributed by atoms with Gasteiger partial charge >= 0.3 is 5.69 Å². The van der Waals surface area contributed by atoms with Gasteiger partial charge in [-0.1, -0.05) is 12.0 Å². The first kappa shape index (κ1) is 22.8. The van der Waals surface area contributed by atoms with Crippen molar-refractivity contribution in [2.45, 2.75) is 52.4 Å². The van der Waals surface area contributed by atoms with Crippen LogP contribution in [0.5, 0.6) is 0 Å². The van der Waals surface area contributed by atoms with Crippen molar-refractivity contribution in [3.8, 4) is 11.8 Å². The molecule has 4 heterocycles. The number of anilines is 1. The number of nitrogens with zero attached hydrogens (tertiary/aromatic N) is 7. The molecule has 1 saturated heterocycles. The highest BCUT2D eigenvalue weighted by molar-refractivity contribution is 5.76. The van der Waals surface area contributed by atoms with E-state index in [1.807, 2.05) is 29.7 Å². The number of piperidine rings is 1. The molecule has 2 N–H and O–H groups in total. The highest BCUT2D eigenvalue weighted by atomic mass is 16.2. The first-order valence-electron chi connectivity index (χ1n) is 11.9.